The average molecular weight is 351 g/mol. The summed E-state index contributed by atoms with van der Waals surface area (Å²) in [5.74, 6) is -0.339. The third-order valence-electron chi connectivity index (χ3n) is 3.58. The van der Waals surface area contributed by atoms with Gasteiger partial charge in [-0.25, -0.2) is 18.2 Å². The third kappa shape index (κ3) is 4.45. The van der Waals surface area contributed by atoms with Crippen molar-refractivity contribution < 1.29 is 17.9 Å². The van der Waals surface area contributed by atoms with Gasteiger partial charge in [0.15, 0.2) is 14.9 Å². The maximum atomic E-state index is 12.5. The minimum absolute atomic E-state index is 0.0412. The Morgan fingerprint density at radius 1 is 1.50 bits per heavy atom. The Morgan fingerprint density at radius 3 is 2.83 bits per heavy atom. The normalized spacial score (nSPS) is 18.2. The number of hydrogen-bond donors (Lipinski definition) is 0. The molecule has 1 amide bonds. The van der Waals surface area contributed by atoms with E-state index in [-0.39, 0.29) is 22.3 Å². The summed E-state index contributed by atoms with van der Waals surface area (Å²) in [4.78, 5) is 17.4. The van der Waals surface area contributed by atoms with Crippen LogP contribution in [0.25, 0.3) is 0 Å². The van der Waals surface area contributed by atoms with Crippen molar-refractivity contribution >= 4 is 15.9 Å². The van der Waals surface area contributed by atoms with E-state index >= 15 is 0 Å². The van der Waals surface area contributed by atoms with E-state index in [1.807, 2.05) is 6.07 Å². The summed E-state index contributed by atoms with van der Waals surface area (Å²) < 4.78 is 30.4. The molecule has 1 aromatic rings. The number of aromatic nitrogens is 1. The van der Waals surface area contributed by atoms with E-state index in [9.17, 15) is 13.2 Å². The molecule has 8 heteroatoms. The van der Waals surface area contributed by atoms with Crippen LogP contribution in [0.2, 0.25) is 0 Å². The molecule has 1 atom stereocenters. The molecule has 0 radical (unpaired) electrons. The first-order valence-electron chi connectivity index (χ1n) is 7.68. The third-order valence-corrected chi connectivity index (χ3v) is 5.40. The molecule has 1 aliphatic heterocycles. The number of carbonyl (C=O) groups is 1. The van der Waals surface area contributed by atoms with Gasteiger partial charge in [0.2, 0.25) is 0 Å². The van der Waals surface area contributed by atoms with E-state index < -0.39 is 21.5 Å². The van der Waals surface area contributed by atoms with Gasteiger partial charge in [-0.1, -0.05) is 0 Å². The molecular weight excluding hydrogens is 330 g/mol. The van der Waals surface area contributed by atoms with E-state index in [1.54, 1.807) is 20.8 Å². The number of nitriles is 1. The monoisotopic (exact) mass is 351 g/mol. The van der Waals surface area contributed by atoms with Gasteiger partial charge in [-0.15, -0.1) is 0 Å². The van der Waals surface area contributed by atoms with Crippen LogP contribution in [0.15, 0.2) is 23.4 Å². The Hall–Kier alpha value is -2.14. The molecule has 0 bridgehead atoms. The maximum Gasteiger partial charge on any atom is 0.410 e. The van der Waals surface area contributed by atoms with E-state index in [0.717, 1.165) is 0 Å². The predicted molar refractivity (Wildman–Crippen MR) is 86.9 cm³/mol. The van der Waals surface area contributed by atoms with Crippen molar-refractivity contribution in [2.75, 3.05) is 18.8 Å². The molecule has 0 aliphatic carbocycles. The van der Waals surface area contributed by atoms with Crippen LogP contribution in [0.5, 0.6) is 0 Å². The molecule has 1 aliphatic rings. The van der Waals surface area contributed by atoms with Crippen LogP contribution < -0.4 is 0 Å². The van der Waals surface area contributed by atoms with Gasteiger partial charge in [0, 0.05) is 19.3 Å². The van der Waals surface area contributed by atoms with Crippen LogP contribution in [0.3, 0.4) is 0 Å². The Kier molecular flexibility index (Phi) is 5.13. The molecule has 7 nitrogen and oxygen atoms in total. The average Bonchev–Trinajstić information content (AvgIpc) is 2.93. The number of carbonyl (C=O) groups excluding carboxylic acids is 1. The Bertz CT molecular complexity index is 762. The number of nitrogens with zero attached hydrogens (tertiary/aromatic N) is 3. The van der Waals surface area contributed by atoms with E-state index in [1.165, 1.54) is 23.2 Å². The zero-order valence-corrected chi connectivity index (χ0v) is 14.8. The van der Waals surface area contributed by atoms with Crippen molar-refractivity contribution in [1.82, 2.24) is 9.88 Å². The summed E-state index contributed by atoms with van der Waals surface area (Å²) in [6, 6.07) is 4.81. The molecule has 2 heterocycles. The number of hydrogen-bond acceptors (Lipinski definition) is 6. The van der Waals surface area contributed by atoms with Gasteiger partial charge in [0.1, 0.15) is 11.7 Å². The van der Waals surface area contributed by atoms with Crippen molar-refractivity contribution in [1.29, 1.82) is 5.26 Å². The molecule has 0 unspecified atom stereocenters. The largest absolute Gasteiger partial charge is 0.444 e. The minimum atomic E-state index is -3.68. The van der Waals surface area contributed by atoms with Gasteiger partial charge in [-0.3, -0.25) is 0 Å². The summed E-state index contributed by atoms with van der Waals surface area (Å²) in [5, 5.41) is 8.85. The zero-order chi connectivity index (χ0) is 18.0. The van der Waals surface area contributed by atoms with Gasteiger partial charge in [-0.05, 0) is 45.2 Å². The topological polar surface area (TPSA) is 100 Å². The standard InChI is InChI=1S/C16H21N3O4S/c1-16(2,3)23-15(20)19-8-6-12(10-19)11-24(21,22)14-13(9-17)5-4-7-18-14/h4-5,7,12H,6,8,10-11H2,1-3H3/t12-/m1/s1. The van der Waals surface area contributed by atoms with E-state index in [0.29, 0.717) is 19.5 Å². The van der Waals surface area contributed by atoms with Gasteiger partial charge in [0.25, 0.3) is 0 Å². The highest BCUT2D eigenvalue weighted by Gasteiger charge is 2.33. The summed E-state index contributed by atoms with van der Waals surface area (Å²) in [5.41, 5.74) is -0.545. The molecule has 1 saturated heterocycles. The number of likely N-dealkylation sites (tertiary alicyclic amines) is 1. The Morgan fingerprint density at radius 2 is 2.21 bits per heavy atom. The smallest absolute Gasteiger partial charge is 0.410 e. The number of pyridine rings is 1. The molecule has 24 heavy (non-hydrogen) atoms. The van der Waals surface area contributed by atoms with E-state index in [4.69, 9.17) is 10.00 Å². The number of ether oxygens (including phenoxy) is 1. The van der Waals surface area contributed by atoms with Gasteiger partial charge in [0.05, 0.1) is 11.3 Å². The summed E-state index contributed by atoms with van der Waals surface area (Å²) >= 11 is 0. The van der Waals surface area contributed by atoms with Crippen LogP contribution >= 0.6 is 0 Å². The molecule has 0 spiro atoms. The fourth-order valence-corrected chi connectivity index (χ4v) is 4.29. The first-order chi connectivity index (χ1) is 11.1. The van der Waals surface area contributed by atoms with Crippen molar-refractivity contribution in [2.24, 2.45) is 5.92 Å². The van der Waals surface area contributed by atoms with Crippen LogP contribution in [-0.2, 0) is 14.6 Å². The highest BCUT2D eigenvalue weighted by Crippen LogP contribution is 2.24. The zero-order valence-electron chi connectivity index (χ0n) is 14.0. The second-order valence-electron chi connectivity index (χ2n) is 6.83. The lowest BCUT2D eigenvalue weighted by atomic mass is 10.2. The molecular formula is C16H21N3O4S. The fourth-order valence-electron chi connectivity index (χ4n) is 2.57. The lowest BCUT2D eigenvalue weighted by Gasteiger charge is -2.24. The maximum absolute atomic E-state index is 12.5. The Labute approximate surface area is 142 Å². The van der Waals surface area contributed by atoms with Crippen molar-refractivity contribution in [3.8, 4) is 6.07 Å². The second kappa shape index (κ2) is 6.77. The lowest BCUT2D eigenvalue weighted by Crippen LogP contribution is -2.35. The first-order valence-corrected chi connectivity index (χ1v) is 9.33. The molecule has 2 rings (SSSR count). The molecule has 130 valence electrons. The van der Waals surface area contributed by atoms with Crippen LogP contribution in [0.4, 0.5) is 4.79 Å². The van der Waals surface area contributed by atoms with Crippen molar-refractivity contribution in [2.45, 2.75) is 37.8 Å². The van der Waals surface area contributed by atoms with Gasteiger partial charge >= 0.3 is 6.09 Å². The molecule has 0 saturated carbocycles. The SMILES string of the molecule is CC(C)(C)OC(=O)N1CC[C@@H](CS(=O)(=O)c2ncccc2C#N)C1. The second-order valence-corrected chi connectivity index (χ2v) is 8.78. The highest BCUT2D eigenvalue weighted by molar-refractivity contribution is 7.91. The predicted octanol–water partition coefficient (Wildman–Crippen LogP) is 1.98. The fraction of sp³-hybridized carbons (Fsp3) is 0.562. The summed E-state index contributed by atoms with van der Waals surface area (Å²) in [6.07, 6.45) is 1.50. The minimum Gasteiger partial charge on any atom is -0.444 e. The molecule has 1 aromatic heterocycles. The number of amides is 1. The van der Waals surface area contributed by atoms with Gasteiger partial charge < -0.3 is 9.64 Å². The Balaban J connectivity index is 2.05. The number of sulfone groups is 1. The van der Waals surface area contributed by atoms with Crippen LogP contribution in [0.1, 0.15) is 32.8 Å². The molecule has 1 fully saturated rings. The number of rotatable bonds is 3. The van der Waals surface area contributed by atoms with Crippen LogP contribution in [0, 0.1) is 17.2 Å². The van der Waals surface area contributed by atoms with E-state index in [2.05, 4.69) is 4.98 Å². The van der Waals surface area contributed by atoms with Crippen molar-refractivity contribution in [3.05, 3.63) is 23.9 Å². The molecule has 0 aromatic carbocycles. The quantitative estimate of drug-likeness (QED) is 0.825. The summed E-state index contributed by atoms with van der Waals surface area (Å²) in [6.45, 7) is 6.14. The lowest BCUT2D eigenvalue weighted by molar-refractivity contribution is 0.0289. The van der Waals surface area contributed by atoms with Crippen LogP contribution in [-0.4, -0.2) is 48.8 Å². The van der Waals surface area contributed by atoms with Gasteiger partial charge in [-0.2, -0.15) is 5.26 Å². The molecule has 0 N–H and O–H groups in total. The van der Waals surface area contributed by atoms with Crippen molar-refractivity contribution in [3.63, 3.8) is 0 Å². The summed E-state index contributed by atoms with van der Waals surface area (Å²) in [7, 11) is -3.68. The highest BCUT2D eigenvalue weighted by atomic mass is 32.2. The first kappa shape index (κ1) is 18.2.